The Morgan fingerprint density at radius 1 is 1.03 bits per heavy atom. The number of halogens is 1. The smallest absolute Gasteiger partial charge is 0.161 e. The highest BCUT2D eigenvalue weighted by Crippen LogP contribution is 2.33. The lowest BCUT2D eigenvalue weighted by Crippen LogP contribution is -2.06. The van der Waals surface area contributed by atoms with Crippen LogP contribution in [-0.2, 0) is 6.61 Å². The third-order valence-electron chi connectivity index (χ3n) is 4.92. The van der Waals surface area contributed by atoms with Gasteiger partial charge in [-0.1, -0.05) is 35.3 Å². The fourth-order valence-electron chi connectivity index (χ4n) is 3.25. The van der Waals surface area contributed by atoms with E-state index in [1.807, 2.05) is 74.7 Å². The summed E-state index contributed by atoms with van der Waals surface area (Å²) in [6.07, 6.45) is 1.85. The molecule has 7 heteroatoms. The normalized spacial score (nSPS) is 10.5. The van der Waals surface area contributed by atoms with E-state index in [0.29, 0.717) is 22.1 Å². The number of benzene rings is 3. The van der Waals surface area contributed by atoms with Crippen LogP contribution in [0.15, 0.2) is 66.9 Å². The van der Waals surface area contributed by atoms with Gasteiger partial charge in [0.2, 0.25) is 0 Å². The molecule has 1 heterocycles. The molecule has 0 saturated heterocycles. The minimum atomic E-state index is 0.280. The zero-order chi connectivity index (χ0) is 21.8. The summed E-state index contributed by atoms with van der Waals surface area (Å²) in [5, 5.41) is 10.0. The second-order valence-electron chi connectivity index (χ2n) is 7.07. The highest BCUT2D eigenvalue weighted by atomic mass is 35.5. The number of aromatic amines is 1. The molecular weight excluding hydrogens is 409 g/mol. The molecule has 0 bridgehead atoms. The number of aromatic nitrogens is 2. The molecule has 0 aliphatic rings. The molecule has 0 spiro atoms. The molecule has 5 nitrogen and oxygen atoms in total. The van der Waals surface area contributed by atoms with Crippen molar-refractivity contribution < 1.29 is 9.47 Å². The van der Waals surface area contributed by atoms with Crippen molar-refractivity contribution >= 4 is 24.9 Å². The molecule has 0 radical (unpaired) electrons. The van der Waals surface area contributed by atoms with E-state index >= 15 is 0 Å². The molecule has 4 rings (SSSR count). The molecule has 1 aromatic heterocycles. The molecule has 1 N–H and O–H groups in total. The number of ether oxygens (including phenoxy) is 2. The van der Waals surface area contributed by atoms with Gasteiger partial charge in [0.25, 0.3) is 0 Å². The topological polar surface area (TPSA) is 70.9 Å². The summed E-state index contributed by atoms with van der Waals surface area (Å²) < 4.78 is 11.5. The van der Waals surface area contributed by atoms with Crippen LogP contribution in [0.5, 0.6) is 11.5 Å². The SMILES string of the molecule is Bc1ccc(COc2ccc(-c3c[nH]c(-c4ccc(Cl)cc4)n3)cc2OC)c(C#N)c1. The lowest BCUT2D eigenvalue weighted by atomic mass is 9.92. The van der Waals surface area contributed by atoms with E-state index in [1.165, 1.54) is 0 Å². The number of imidazole rings is 1. The Bertz CT molecular complexity index is 1260. The van der Waals surface area contributed by atoms with Gasteiger partial charge in [0.1, 0.15) is 20.3 Å². The van der Waals surface area contributed by atoms with Crippen molar-refractivity contribution in [2.24, 2.45) is 0 Å². The van der Waals surface area contributed by atoms with Crippen molar-refractivity contribution in [2.75, 3.05) is 7.11 Å². The van der Waals surface area contributed by atoms with E-state index in [2.05, 4.69) is 16.0 Å². The Morgan fingerprint density at radius 2 is 1.81 bits per heavy atom. The third kappa shape index (κ3) is 4.57. The number of hydrogen-bond acceptors (Lipinski definition) is 4. The van der Waals surface area contributed by atoms with Crippen LogP contribution in [0.1, 0.15) is 11.1 Å². The molecule has 0 atom stereocenters. The van der Waals surface area contributed by atoms with Crippen LogP contribution in [-0.4, -0.2) is 24.9 Å². The number of H-pyrrole nitrogens is 1. The van der Waals surface area contributed by atoms with Crippen molar-refractivity contribution in [1.82, 2.24) is 9.97 Å². The summed E-state index contributed by atoms with van der Waals surface area (Å²) in [4.78, 5) is 7.88. The van der Waals surface area contributed by atoms with Crippen LogP contribution in [0.25, 0.3) is 22.6 Å². The van der Waals surface area contributed by atoms with Gasteiger partial charge in [-0.2, -0.15) is 5.26 Å². The van der Waals surface area contributed by atoms with Gasteiger partial charge in [0, 0.05) is 27.9 Å². The summed E-state index contributed by atoms with van der Waals surface area (Å²) >= 11 is 5.96. The van der Waals surface area contributed by atoms with E-state index in [4.69, 9.17) is 21.1 Å². The predicted octanol–water partition coefficient (Wildman–Crippen LogP) is 4.11. The number of nitrogens with zero attached hydrogens (tertiary/aromatic N) is 2. The van der Waals surface area contributed by atoms with E-state index in [1.54, 1.807) is 7.11 Å². The Kier molecular flexibility index (Phi) is 5.97. The van der Waals surface area contributed by atoms with E-state index < -0.39 is 0 Å². The van der Waals surface area contributed by atoms with Gasteiger partial charge >= 0.3 is 0 Å². The van der Waals surface area contributed by atoms with Crippen LogP contribution in [0.3, 0.4) is 0 Å². The van der Waals surface area contributed by atoms with Crippen LogP contribution < -0.4 is 14.9 Å². The second kappa shape index (κ2) is 8.99. The first-order chi connectivity index (χ1) is 15.1. The van der Waals surface area contributed by atoms with Gasteiger partial charge in [-0.25, -0.2) is 4.98 Å². The fourth-order valence-corrected chi connectivity index (χ4v) is 3.37. The maximum Gasteiger partial charge on any atom is 0.161 e. The lowest BCUT2D eigenvalue weighted by Gasteiger charge is -2.13. The molecule has 31 heavy (non-hydrogen) atoms. The third-order valence-corrected chi connectivity index (χ3v) is 5.18. The van der Waals surface area contributed by atoms with Gasteiger partial charge in [-0.15, -0.1) is 0 Å². The standard InChI is InChI=1S/C24H19BClN3O2/c1-30-23-11-16(21-13-28-24(29-21)15-3-7-20(26)8-4-15)5-9-22(23)31-14-17-2-6-19(25)10-18(17)12-27/h2-11,13H,14,25H2,1H3,(H,28,29). The average molecular weight is 428 g/mol. The summed E-state index contributed by atoms with van der Waals surface area (Å²) in [5.41, 5.74) is 5.13. The van der Waals surface area contributed by atoms with E-state index in [0.717, 1.165) is 33.7 Å². The molecule has 0 fully saturated rings. The first-order valence-electron chi connectivity index (χ1n) is 9.69. The summed E-state index contributed by atoms with van der Waals surface area (Å²) in [5.74, 6) is 1.96. The molecule has 0 aliphatic heterocycles. The number of hydrogen-bond donors (Lipinski definition) is 1. The quantitative estimate of drug-likeness (QED) is 0.470. The van der Waals surface area contributed by atoms with Crippen LogP contribution in [0, 0.1) is 11.3 Å². The van der Waals surface area contributed by atoms with Gasteiger partial charge in [0.15, 0.2) is 11.5 Å². The highest BCUT2D eigenvalue weighted by molar-refractivity contribution is 6.32. The Morgan fingerprint density at radius 3 is 2.55 bits per heavy atom. The maximum atomic E-state index is 9.35. The molecular formula is C24H19BClN3O2. The first-order valence-corrected chi connectivity index (χ1v) is 10.1. The molecule has 0 amide bonds. The zero-order valence-electron chi connectivity index (χ0n) is 17.1. The van der Waals surface area contributed by atoms with Crippen molar-refractivity contribution in [2.45, 2.75) is 6.61 Å². The highest BCUT2D eigenvalue weighted by Gasteiger charge is 2.12. The number of rotatable bonds is 6. The van der Waals surface area contributed by atoms with E-state index in [-0.39, 0.29) is 6.61 Å². The summed E-state index contributed by atoms with van der Waals surface area (Å²) in [6.45, 7) is 0.280. The van der Waals surface area contributed by atoms with Crippen molar-refractivity contribution in [1.29, 1.82) is 5.26 Å². The molecule has 0 saturated carbocycles. The summed E-state index contributed by atoms with van der Waals surface area (Å²) in [7, 11) is 3.56. The monoisotopic (exact) mass is 427 g/mol. The van der Waals surface area contributed by atoms with Crippen LogP contribution >= 0.6 is 11.6 Å². The van der Waals surface area contributed by atoms with Crippen molar-refractivity contribution in [3.05, 3.63) is 83.0 Å². The lowest BCUT2D eigenvalue weighted by molar-refractivity contribution is 0.284. The number of nitriles is 1. The molecule has 3 aromatic carbocycles. The predicted molar refractivity (Wildman–Crippen MR) is 125 cm³/mol. The first kappa shape index (κ1) is 20.6. The zero-order valence-corrected chi connectivity index (χ0v) is 17.9. The van der Waals surface area contributed by atoms with Crippen LogP contribution in [0.2, 0.25) is 5.02 Å². The molecule has 0 unspecified atom stereocenters. The largest absolute Gasteiger partial charge is 0.493 e. The van der Waals surface area contributed by atoms with Crippen molar-refractivity contribution in [3.63, 3.8) is 0 Å². The molecule has 152 valence electrons. The second-order valence-corrected chi connectivity index (χ2v) is 7.50. The maximum absolute atomic E-state index is 9.35. The van der Waals surface area contributed by atoms with Crippen LogP contribution in [0.4, 0.5) is 0 Å². The van der Waals surface area contributed by atoms with Crippen molar-refractivity contribution in [3.8, 4) is 40.2 Å². The molecule has 4 aromatic rings. The fraction of sp³-hybridized carbons (Fsp3) is 0.0833. The van der Waals surface area contributed by atoms with Gasteiger partial charge in [0.05, 0.1) is 24.4 Å². The average Bonchev–Trinajstić information content (AvgIpc) is 3.29. The molecule has 0 aliphatic carbocycles. The van der Waals surface area contributed by atoms with Gasteiger partial charge in [-0.3, -0.25) is 0 Å². The minimum absolute atomic E-state index is 0.280. The summed E-state index contributed by atoms with van der Waals surface area (Å²) in [6, 6.07) is 21.1. The minimum Gasteiger partial charge on any atom is -0.493 e. The van der Waals surface area contributed by atoms with Gasteiger partial charge < -0.3 is 14.5 Å². The van der Waals surface area contributed by atoms with Gasteiger partial charge in [-0.05, 0) is 42.5 Å². The number of methoxy groups -OCH3 is 1. The van der Waals surface area contributed by atoms with E-state index in [9.17, 15) is 5.26 Å². The number of nitrogens with one attached hydrogen (secondary N) is 1. The Hall–Kier alpha value is -3.69. The Labute approximate surface area is 186 Å². The Balaban J connectivity index is 1.55.